The van der Waals surface area contributed by atoms with E-state index in [1.165, 1.54) is 0 Å². The molecule has 1 unspecified atom stereocenters. The molecule has 0 fully saturated rings. The van der Waals surface area contributed by atoms with Gasteiger partial charge >= 0.3 is 0 Å². The molecule has 1 heterocycles. The van der Waals surface area contributed by atoms with Crippen LogP contribution >= 0.6 is 0 Å². The molecule has 0 aliphatic carbocycles. The van der Waals surface area contributed by atoms with Gasteiger partial charge in [0.2, 0.25) is 11.8 Å². The highest BCUT2D eigenvalue weighted by Crippen LogP contribution is 2.23. The first kappa shape index (κ1) is 13.5. The average Bonchev–Trinajstić information content (AvgIpc) is 2.91. The van der Waals surface area contributed by atoms with Crippen molar-refractivity contribution in [3.05, 3.63) is 30.2 Å². The zero-order valence-electron chi connectivity index (χ0n) is 11.5. The Morgan fingerprint density at radius 3 is 2.53 bits per heavy atom. The van der Waals surface area contributed by atoms with Crippen LogP contribution in [0.5, 0.6) is 5.75 Å². The highest BCUT2D eigenvalue weighted by molar-refractivity contribution is 5.53. The first-order valence-electron chi connectivity index (χ1n) is 6.52. The third-order valence-corrected chi connectivity index (χ3v) is 2.91. The number of ether oxygens (including phenoxy) is 1. The second-order valence-corrected chi connectivity index (χ2v) is 4.15. The van der Waals surface area contributed by atoms with Gasteiger partial charge in [-0.25, -0.2) is 0 Å². The van der Waals surface area contributed by atoms with Crippen LogP contribution in [-0.2, 0) is 0 Å². The molecule has 0 aliphatic heterocycles. The Bertz CT molecular complexity index is 504. The molecule has 1 aromatic carbocycles. The van der Waals surface area contributed by atoms with Gasteiger partial charge in [0, 0.05) is 5.56 Å². The van der Waals surface area contributed by atoms with Crippen molar-refractivity contribution in [3.63, 3.8) is 0 Å². The lowest BCUT2D eigenvalue weighted by atomic mass is 10.2. The normalized spacial score (nSPS) is 12.4. The van der Waals surface area contributed by atoms with Crippen molar-refractivity contribution in [1.82, 2.24) is 15.5 Å². The molecule has 19 heavy (non-hydrogen) atoms. The van der Waals surface area contributed by atoms with Crippen molar-refractivity contribution in [2.24, 2.45) is 0 Å². The molecule has 1 atom stereocenters. The lowest BCUT2D eigenvalue weighted by Gasteiger charge is -2.07. The standard InChI is InChI=1S/C14H19N3O2/c1-4-12(15-3)14-17-16-13(19-14)10-6-8-11(9-7-10)18-5-2/h6-9,12,15H,4-5H2,1-3H3. The van der Waals surface area contributed by atoms with Crippen molar-refractivity contribution in [1.29, 1.82) is 0 Å². The number of benzene rings is 1. The number of aromatic nitrogens is 2. The van der Waals surface area contributed by atoms with Crippen molar-refractivity contribution < 1.29 is 9.15 Å². The maximum absolute atomic E-state index is 5.69. The second kappa shape index (κ2) is 6.33. The van der Waals surface area contributed by atoms with Gasteiger partial charge in [0.05, 0.1) is 12.6 Å². The zero-order chi connectivity index (χ0) is 13.7. The summed E-state index contributed by atoms with van der Waals surface area (Å²) in [5.41, 5.74) is 0.896. The average molecular weight is 261 g/mol. The van der Waals surface area contributed by atoms with Crippen LogP contribution < -0.4 is 10.1 Å². The van der Waals surface area contributed by atoms with Crippen LogP contribution in [0.25, 0.3) is 11.5 Å². The Labute approximate surface area is 113 Å². The summed E-state index contributed by atoms with van der Waals surface area (Å²) >= 11 is 0. The fourth-order valence-electron chi connectivity index (χ4n) is 1.85. The van der Waals surface area contributed by atoms with Crippen LogP contribution in [0.1, 0.15) is 32.2 Å². The number of nitrogens with zero attached hydrogens (tertiary/aromatic N) is 2. The highest BCUT2D eigenvalue weighted by Gasteiger charge is 2.15. The Balaban J connectivity index is 2.17. The van der Waals surface area contributed by atoms with E-state index in [2.05, 4.69) is 22.4 Å². The van der Waals surface area contributed by atoms with Gasteiger partial charge in [0.25, 0.3) is 0 Å². The van der Waals surface area contributed by atoms with Gasteiger partial charge in [-0.05, 0) is 44.7 Å². The lowest BCUT2D eigenvalue weighted by Crippen LogP contribution is -2.15. The minimum atomic E-state index is 0.101. The number of nitrogens with one attached hydrogen (secondary N) is 1. The zero-order valence-corrected chi connectivity index (χ0v) is 11.5. The predicted molar refractivity (Wildman–Crippen MR) is 73.0 cm³/mol. The molecule has 0 saturated carbocycles. The predicted octanol–water partition coefficient (Wildman–Crippen LogP) is 2.81. The minimum Gasteiger partial charge on any atom is -0.494 e. The largest absolute Gasteiger partial charge is 0.494 e. The maximum atomic E-state index is 5.69. The lowest BCUT2D eigenvalue weighted by molar-refractivity contribution is 0.340. The molecule has 1 aromatic heterocycles. The van der Waals surface area contributed by atoms with Crippen LogP contribution in [0.15, 0.2) is 28.7 Å². The molecule has 1 N–H and O–H groups in total. The van der Waals surface area contributed by atoms with E-state index in [9.17, 15) is 0 Å². The molecule has 102 valence electrons. The van der Waals surface area contributed by atoms with Gasteiger partial charge in [0.15, 0.2) is 0 Å². The van der Waals surface area contributed by atoms with Gasteiger partial charge in [-0.2, -0.15) is 0 Å². The molecule has 0 radical (unpaired) electrons. The highest BCUT2D eigenvalue weighted by atomic mass is 16.5. The van der Waals surface area contributed by atoms with Gasteiger partial charge in [-0.3, -0.25) is 0 Å². The summed E-state index contributed by atoms with van der Waals surface area (Å²) in [4.78, 5) is 0. The van der Waals surface area contributed by atoms with E-state index in [0.717, 1.165) is 17.7 Å². The Morgan fingerprint density at radius 1 is 1.21 bits per heavy atom. The molecule has 2 aromatic rings. The Kier molecular flexibility index (Phi) is 4.52. The van der Waals surface area contributed by atoms with E-state index >= 15 is 0 Å². The minimum absolute atomic E-state index is 0.101. The fourth-order valence-corrected chi connectivity index (χ4v) is 1.85. The molecule has 0 bridgehead atoms. The van der Waals surface area contributed by atoms with E-state index in [1.807, 2.05) is 38.2 Å². The maximum Gasteiger partial charge on any atom is 0.247 e. The third kappa shape index (κ3) is 3.12. The smallest absolute Gasteiger partial charge is 0.247 e. The van der Waals surface area contributed by atoms with Gasteiger partial charge in [-0.15, -0.1) is 10.2 Å². The molecule has 5 heteroatoms. The topological polar surface area (TPSA) is 60.2 Å². The molecule has 0 spiro atoms. The van der Waals surface area contributed by atoms with E-state index in [1.54, 1.807) is 0 Å². The number of hydrogen-bond donors (Lipinski definition) is 1. The number of hydrogen-bond acceptors (Lipinski definition) is 5. The summed E-state index contributed by atoms with van der Waals surface area (Å²) in [5.74, 6) is 1.99. The quantitative estimate of drug-likeness (QED) is 0.866. The summed E-state index contributed by atoms with van der Waals surface area (Å²) in [6.45, 7) is 4.69. The molecular formula is C14H19N3O2. The molecule has 0 aliphatic rings. The van der Waals surface area contributed by atoms with Gasteiger partial charge in [-0.1, -0.05) is 6.92 Å². The van der Waals surface area contributed by atoms with E-state index in [4.69, 9.17) is 9.15 Å². The van der Waals surface area contributed by atoms with Crippen LogP contribution in [0.4, 0.5) is 0 Å². The summed E-state index contributed by atoms with van der Waals surface area (Å²) in [7, 11) is 1.88. The molecule has 2 rings (SSSR count). The molecule has 0 amide bonds. The van der Waals surface area contributed by atoms with E-state index < -0.39 is 0 Å². The summed E-state index contributed by atoms with van der Waals surface area (Å²) in [6.07, 6.45) is 0.904. The van der Waals surface area contributed by atoms with Crippen molar-refractivity contribution >= 4 is 0 Å². The monoisotopic (exact) mass is 261 g/mol. The van der Waals surface area contributed by atoms with Gasteiger partial charge < -0.3 is 14.5 Å². The first-order chi connectivity index (χ1) is 9.28. The number of rotatable bonds is 6. The SMILES string of the molecule is CCOc1ccc(-c2nnc(C(CC)NC)o2)cc1. The third-order valence-electron chi connectivity index (χ3n) is 2.91. The van der Waals surface area contributed by atoms with Crippen LogP contribution in [0, 0.1) is 0 Å². The Hall–Kier alpha value is -1.88. The van der Waals surface area contributed by atoms with E-state index in [-0.39, 0.29) is 6.04 Å². The first-order valence-corrected chi connectivity index (χ1v) is 6.52. The van der Waals surface area contributed by atoms with Crippen molar-refractivity contribution in [3.8, 4) is 17.2 Å². The van der Waals surface area contributed by atoms with Crippen LogP contribution in [0.3, 0.4) is 0 Å². The van der Waals surface area contributed by atoms with Crippen molar-refractivity contribution in [2.75, 3.05) is 13.7 Å². The van der Waals surface area contributed by atoms with Crippen LogP contribution in [-0.4, -0.2) is 23.9 Å². The summed E-state index contributed by atoms with van der Waals surface area (Å²) in [5, 5.41) is 11.3. The second-order valence-electron chi connectivity index (χ2n) is 4.15. The Morgan fingerprint density at radius 2 is 1.95 bits per heavy atom. The fraction of sp³-hybridized carbons (Fsp3) is 0.429. The van der Waals surface area contributed by atoms with Gasteiger partial charge in [0.1, 0.15) is 5.75 Å². The van der Waals surface area contributed by atoms with E-state index in [0.29, 0.717) is 18.4 Å². The van der Waals surface area contributed by atoms with Crippen molar-refractivity contribution in [2.45, 2.75) is 26.3 Å². The molecule has 0 saturated heterocycles. The molecular weight excluding hydrogens is 242 g/mol. The van der Waals surface area contributed by atoms with Crippen LogP contribution in [0.2, 0.25) is 0 Å². The summed E-state index contributed by atoms with van der Waals surface area (Å²) < 4.78 is 11.1. The molecule has 5 nitrogen and oxygen atoms in total. The summed E-state index contributed by atoms with van der Waals surface area (Å²) in [6, 6.07) is 7.74.